The minimum Gasteiger partial charge on any atom is -0.400 e. The molecule has 1 aromatic carbocycles. The highest BCUT2D eigenvalue weighted by atomic mass is 14.5. The van der Waals surface area contributed by atoms with Crippen LogP contribution < -0.4 is 16.7 Å². The predicted octanol–water partition coefficient (Wildman–Crippen LogP) is -2.21. The first kappa shape index (κ1) is 6.27. The molecule has 0 amide bonds. The van der Waals surface area contributed by atoms with E-state index >= 15 is 0 Å². The third kappa shape index (κ3) is 1.10. The second kappa shape index (κ2) is 2.18. The Labute approximate surface area is 57.1 Å². The van der Waals surface area contributed by atoms with Gasteiger partial charge in [0, 0.05) is 5.69 Å². The van der Waals surface area contributed by atoms with E-state index in [2.05, 4.69) is 0 Å². The molecule has 0 saturated heterocycles. The molecule has 0 aromatic heterocycles. The molecule has 0 aliphatic heterocycles. The Morgan fingerprint density at radius 3 is 1.89 bits per heavy atom. The maximum atomic E-state index is 5.68. The van der Waals surface area contributed by atoms with Crippen LogP contribution in [0, 0.1) is 0 Å². The molecule has 0 saturated carbocycles. The van der Waals surface area contributed by atoms with Gasteiger partial charge in [0.05, 0.1) is 0 Å². The van der Waals surface area contributed by atoms with Crippen LogP contribution in [0.3, 0.4) is 0 Å². The third-order valence-corrected chi connectivity index (χ3v) is 1.54. The van der Waals surface area contributed by atoms with Crippen LogP contribution in [0.25, 0.3) is 0 Å². The van der Waals surface area contributed by atoms with Crippen molar-refractivity contribution < 1.29 is 0 Å². The van der Waals surface area contributed by atoms with Crippen LogP contribution in [0.1, 0.15) is 0 Å². The van der Waals surface area contributed by atoms with Crippen LogP contribution in [0.5, 0.6) is 0 Å². The normalized spacial score (nSPS) is 9.33. The van der Waals surface area contributed by atoms with E-state index < -0.39 is 0 Å². The molecule has 0 heterocycles. The van der Waals surface area contributed by atoms with Gasteiger partial charge in [-0.2, -0.15) is 0 Å². The molecule has 0 aliphatic rings. The van der Waals surface area contributed by atoms with Gasteiger partial charge in [-0.15, -0.1) is 0 Å². The largest absolute Gasteiger partial charge is 0.400 e. The molecule has 2 N–H and O–H groups in total. The molecule has 1 nitrogen and oxygen atoms in total. The first-order valence-corrected chi connectivity index (χ1v) is 3.03. The van der Waals surface area contributed by atoms with E-state index in [-0.39, 0.29) is 0 Å². The fourth-order valence-corrected chi connectivity index (χ4v) is 0.827. The average molecular weight is 117 g/mol. The fraction of sp³-hybridized carbons (Fsp3) is 0. The Balaban J connectivity index is 3.25. The van der Waals surface area contributed by atoms with Gasteiger partial charge in [0.25, 0.3) is 0 Å². The zero-order valence-corrected chi connectivity index (χ0v) is 5.81. The van der Waals surface area contributed by atoms with Crippen molar-refractivity contribution in [1.82, 2.24) is 0 Å². The van der Waals surface area contributed by atoms with Crippen LogP contribution >= 0.6 is 0 Å². The molecule has 3 heteroatoms. The summed E-state index contributed by atoms with van der Waals surface area (Å²) in [5, 5.41) is 0. The van der Waals surface area contributed by atoms with Crippen molar-refractivity contribution in [1.29, 1.82) is 0 Å². The van der Waals surface area contributed by atoms with Crippen molar-refractivity contribution in [2.45, 2.75) is 0 Å². The monoisotopic (exact) mass is 117 g/mol. The second-order valence-corrected chi connectivity index (χ2v) is 2.31. The Morgan fingerprint density at radius 1 is 1.11 bits per heavy atom. The van der Waals surface area contributed by atoms with Gasteiger partial charge in [0.15, 0.2) is 0 Å². The van der Waals surface area contributed by atoms with E-state index in [1.54, 1.807) is 0 Å². The zero-order valence-electron chi connectivity index (χ0n) is 5.81. The van der Waals surface area contributed by atoms with E-state index in [9.17, 15) is 0 Å². The number of hydrogen-bond donors (Lipinski definition) is 1. The summed E-state index contributed by atoms with van der Waals surface area (Å²) in [6, 6.07) is 6.05. The third-order valence-electron chi connectivity index (χ3n) is 1.54. The minimum absolute atomic E-state index is 0.914. The van der Waals surface area contributed by atoms with Crippen molar-refractivity contribution in [3.8, 4) is 0 Å². The molecule has 0 unspecified atom stereocenters. The summed E-state index contributed by atoms with van der Waals surface area (Å²) in [6.07, 6.45) is 0. The van der Waals surface area contributed by atoms with E-state index in [4.69, 9.17) is 5.73 Å². The number of benzene rings is 1. The summed E-state index contributed by atoms with van der Waals surface area (Å²) in [6.45, 7) is 0. The molecule has 0 radical (unpaired) electrons. The number of nitrogen functional groups attached to an aromatic ring is 1. The first-order valence-electron chi connectivity index (χ1n) is 3.03. The molecule has 0 bridgehead atoms. The van der Waals surface area contributed by atoms with E-state index in [1.165, 1.54) is 0 Å². The first-order chi connectivity index (χ1) is 4.22. The second-order valence-electron chi connectivity index (χ2n) is 2.31. The van der Waals surface area contributed by atoms with Crippen molar-refractivity contribution in [3.05, 3.63) is 18.2 Å². The van der Waals surface area contributed by atoms with Crippen LogP contribution in [0.2, 0.25) is 0 Å². The zero-order chi connectivity index (χ0) is 6.85. The van der Waals surface area contributed by atoms with Gasteiger partial charge in [-0.1, -0.05) is 29.1 Å². The lowest BCUT2D eigenvalue weighted by Crippen LogP contribution is -2.20. The standard InChI is InChI=1S/C6H9B2N/c7-4-2-1-3-5(8)6(4)9/h1-3H,7-9H2. The molecule has 0 aliphatic carbocycles. The molecule has 1 rings (SSSR count). The lowest BCUT2D eigenvalue weighted by molar-refractivity contribution is 1.80. The highest BCUT2D eigenvalue weighted by molar-refractivity contribution is 6.43. The lowest BCUT2D eigenvalue weighted by Gasteiger charge is -2.01. The topological polar surface area (TPSA) is 26.0 Å². The Bertz CT molecular complexity index is 202. The van der Waals surface area contributed by atoms with Crippen molar-refractivity contribution >= 4 is 32.3 Å². The van der Waals surface area contributed by atoms with Gasteiger partial charge < -0.3 is 5.73 Å². The van der Waals surface area contributed by atoms with E-state index in [0.717, 1.165) is 16.6 Å². The molecular formula is C6H9B2N. The predicted molar refractivity (Wildman–Crippen MR) is 47.2 cm³/mol. The molecule has 9 heavy (non-hydrogen) atoms. The van der Waals surface area contributed by atoms with Gasteiger partial charge in [-0.3, -0.25) is 0 Å². The fourth-order valence-electron chi connectivity index (χ4n) is 0.827. The number of hydrogen-bond acceptors (Lipinski definition) is 1. The molecule has 1 aromatic rings. The maximum Gasteiger partial charge on any atom is 0.141 e. The van der Waals surface area contributed by atoms with Gasteiger partial charge in [0.2, 0.25) is 0 Å². The lowest BCUT2D eigenvalue weighted by atomic mass is 9.85. The Kier molecular flexibility index (Phi) is 1.52. The number of rotatable bonds is 0. The van der Waals surface area contributed by atoms with Crippen LogP contribution in [0.15, 0.2) is 18.2 Å². The summed E-state index contributed by atoms with van der Waals surface area (Å²) in [5.74, 6) is 0. The van der Waals surface area contributed by atoms with Gasteiger partial charge in [0.1, 0.15) is 15.7 Å². The molecule has 0 spiro atoms. The Hall–Kier alpha value is -0.850. The highest BCUT2D eigenvalue weighted by Gasteiger charge is 1.92. The SMILES string of the molecule is Bc1cccc(B)c1N. The highest BCUT2D eigenvalue weighted by Crippen LogP contribution is 1.87. The molecule has 0 fully saturated rings. The van der Waals surface area contributed by atoms with Crippen molar-refractivity contribution in [2.24, 2.45) is 0 Å². The van der Waals surface area contributed by atoms with E-state index in [0.29, 0.717) is 0 Å². The Morgan fingerprint density at radius 2 is 1.56 bits per heavy atom. The van der Waals surface area contributed by atoms with E-state index in [1.807, 2.05) is 33.9 Å². The van der Waals surface area contributed by atoms with Gasteiger partial charge >= 0.3 is 0 Å². The van der Waals surface area contributed by atoms with Crippen molar-refractivity contribution in [3.63, 3.8) is 0 Å². The summed E-state index contributed by atoms with van der Waals surface area (Å²) >= 11 is 0. The minimum atomic E-state index is 0.914. The average Bonchev–Trinajstić information content (AvgIpc) is 1.83. The van der Waals surface area contributed by atoms with Crippen LogP contribution in [-0.4, -0.2) is 15.7 Å². The maximum absolute atomic E-state index is 5.68. The van der Waals surface area contributed by atoms with Gasteiger partial charge in [-0.05, 0) is 0 Å². The quantitative estimate of drug-likeness (QED) is 0.302. The molecular weight excluding hydrogens is 108 g/mol. The molecule has 44 valence electrons. The summed E-state index contributed by atoms with van der Waals surface area (Å²) in [5.41, 5.74) is 8.92. The number of anilines is 1. The van der Waals surface area contributed by atoms with Crippen LogP contribution in [0.4, 0.5) is 5.69 Å². The van der Waals surface area contributed by atoms with Crippen molar-refractivity contribution in [2.75, 3.05) is 5.73 Å². The van der Waals surface area contributed by atoms with Crippen LogP contribution in [-0.2, 0) is 0 Å². The van der Waals surface area contributed by atoms with Gasteiger partial charge in [-0.25, -0.2) is 0 Å². The summed E-state index contributed by atoms with van der Waals surface area (Å²) in [7, 11) is 4.03. The summed E-state index contributed by atoms with van der Waals surface area (Å²) in [4.78, 5) is 0. The summed E-state index contributed by atoms with van der Waals surface area (Å²) < 4.78 is 0. The molecule has 0 atom stereocenters. The smallest absolute Gasteiger partial charge is 0.141 e. The number of nitrogens with two attached hydrogens (primary N) is 1. The number of para-hydroxylation sites is 1.